The average molecular weight is 283 g/mol. The van der Waals surface area contributed by atoms with Crippen LogP contribution in [-0.4, -0.2) is 16.6 Å². The number of para-hydroxylation sites is 1. The molecule has 110 valence electrons. The molecule has 2 N–H and O–H groups in total. The molecule has 0 amide bonds. The first-order valence-electron chi connectivity index (χ1n) is 7.63. The van der Waals surface area contributed by atoms with Gasteiger partial charge in [0.05, 0.1) is 12.2 Å². The summed E-state index contributed by atoms with van der Waals surface area (Å²) in [6, 6.07) is 7.98. The minimum atomic E-state index is 0.0682. The topological polar surface area (TPSA) is 61.0 Å². The number of hydrogen-bond donors (Lipinski definition) is 1. The maximum atomic E-state index is 6.21. The van der Waals surface area contributed by atoms with E-state index in [1.54, 1.807) is 0 Å². The van der Waals surface area contributed by atoms with Crippen molar-refractivity contribution >= 4 is 0 Å². The van der Waals surface area contributed by atoms with E-state index >= 15 is 0 Å². The second kappa shape index (κ2) is 6.22. The van der Waals surface area contributed by atoms with Gasteiger partial charge in [-0.15, -0.1) is 0 Å². The summed E-state index contributed by atoms with van der Waals surface area (Å²) in [6.45, 7) is 2.61. The third-order valence-corrected chi connectivity index (χ3v) is 3.91. The Balaban J connectivity index is 2.02. The lowest BCUT2D eigenvalue weighted by Crippen LogP contribution is -2.12. The van der Waals surface area contributed by atoms with Crippen molar-refractivity contribution in [2.24, 2.45) is 5.73 Å². The molecule has 1 aliphatic carbocycles. The van der Waals surface area contributed by atoms with Crippen LogP contribution in [0.1, 0.15) is 43.5 Å². The Bertz CT molecular complexity index is 627. The zero-order chi connectivity index (χ0) is 14.7. The second-order valence-electron chi connectivity index (χ2n) is 5.38. The zero-order valence-corrected chi connectivity index (χ0v) is 12.4. The third kappa shape index (κ3) is 2.90. The first-order valence-corrected chi connectivity index (χ1v) is 7.63. The van der Waals surface area contributed by atoms with Crippen molar-refractivity contribution in [1.82, 2.24) is 9.97 Å². The fraction of sp³-hybridized carbons (Fsp3) is 0.412. The summed E-state index contributed by atoms with van der Waals surface area (Å²) in [5.74, 6) is 1.56. The number of nitrogens with zero attached hydrogens (tertiary/aromatic N) is 2. The van der Waals surface area contributed by atoms with Crippen LogP contribution in [-0.2, 0) is 6.42 Å². The van der Waals surface area contributed by atoms with Crippen molar-refractivity contribution in [2.45, 2.75) is 38.6 Å². The molecule has 2 aromatic rings. The smallest absolute Gasteiger partial charge is 0.163 e. The number of aromatic nitrogens is 2. The van der Waals surface area contributed by atoms with Gasteiger partial charge in [-0.1, -0.05) is 18.6 Å². The van der Waals surface area contributed by atoms with E-state index < -0.39 is 0 Å². The van der Waals surface area contributed by atoms with E-state index in [1.165, 1.54) is 0 Å². The fourth-order valence-electron chi connectivity index (χ4n) is 2.81. The van der Waals surface area contributed by atoms with Crippen LogP contribution in [0.3, 0.4) is 0 Å². The molecule has 0 saturated carbocycles. The summed E-state index contributed by atoms with van der Waals surface area (Å²) in [7, 11) is 0. The summed E-state index contributed by atoms with van der Waals surface area (Å²) in [6.07, 6.45) is 6.20. The number of nitrogens with two attached hydrogens (primary N) is 1. The number of ether oxygens (including phenoxy) is 1. The molecule has 0 aliphatic heterocycles. The monoisotopic (exact) mass is 283 g/mol. The first kappa shape index (κ1) is 14.0. The first-order chi connectivity index (χ1) is 10.3. The van der Waals surface area contributed by atoms with Gasteiger partial charge in [-0.05, 0) is 38.3 Å². The van der Waals surface area contributed by atoms with Crippen LogP contribution in [0.5, 0.6) is 5.75 Å². The van der Waals surface area contributed by atoms with Crippen molar-refractivity contribution in [3.63, 3.8) is 0 Å². The summed E-state index contributed by atoms with van der Waals surface area (Å²) in [5, 5.41) is 0. The molecule has 1 aromatic heterocycles. The highest BCUT2D eigenvalue weighted by molar-refractivity contribution is 5.64. The van der Waals surface area contributed by atoms with Crippen LogP contribution < -0.4 is 10.5 Å². The van der Waals surface area contributed by atoms with E-state index in [4.69, 9.17) is 15.5 Å². The van der Waals surface area contributed by atoms with Crippen LogP contribution in [0.25, 0.3) is 11.4 Å². The Morgan fingerprint density at radius 1 is 1.29 bits per heavy atom. The molecule has 0 spiro atoms. The predicted octanol–water partition coefficient (Wildman–Crippen LogP) is 3.27. The lowest BCUT2D eigenvalue weighted by Gasteiger charge is -2.13. The van der Waals surface area contributed by atoms with Crippen molar-refractivity contribution in [3.05, 3.63) is 41.7 Å². The van der Waals surface area contributed by atoms with Gasteiger partial charge in [-0.3, -0.25) is 0 Å². The normalized spacial score (nSPS) is 17.9. The molecule has 1 atom stereocenters. The Morgan fingerprint density at radius 3 is 3.00 bits per heavy atom. The summed E-state index contributed by atoms with van der Waals surface area (Å²) >= 11 is 0. The number of aryl methyl sites for hydroxylation is 1. The van der Waals surface area contributed by atoms with E-state index in [2.05, 4.69) is 4.98 Å². The largest absolute Gasteiger partial charge is 0.493 e. The van der Waals surface area contributed by atoms with Gasteiger partial charge in [0, 0.05) is 23.5 Å². The van der Waals surface area contributed by atoms with E-state index in [-0.39, 0.29) is 6.04 Å². The van der Waals surface area contributed by atoms with Gasteiger partial charge in [0.15, 0.2) is 5.82 Å². The maximum absolute atomic E-state index is 6.21. The Kier molecular flexibility index (Phi) is 4.15. The van der Waals surface area contributed by atoms with Crippen LogP contribution >= 0.6 is 0 Å². The van der Waals surface area contributed by atoms with Crippen molar-refractivity contribution < 1.29 is 4.74 Å². The van der Waals surface area contributed by atoms with Crippen LogP contribution in [0.4, 0.5) is 0 Å². The Labute approximate surface area is 125 Å². The summed E-state index contributed by atoms with van der Waals surface area (Å²) in [4.78, 5) is 9.29. The molecule has 0 bridgehead atoms. The number of rotatable bonds is 3. The van der Waals surface area contributed by atoms with Gasteiger partial charge in [-0.2, -0.15) is 0 Å². The molecule has 0 saturated heterocycles. The van der Waals surface area contributed by atoms with E-state index in [0.29, 0.717) is 6.61 Å². The molecule has 1 aromatic carbocycles. The summed E-state index contributed by atoms with van der Waals surface area (Å²) in [5.41, 5.74) is 9.35. The van der Waals surface area contributed by atoms with Crippen molar-refractivity contribution in [2.75, 3.05) is 6.61 Å². The molecule has 1 heterocycles. The Hall–Kier alpha value is -1.94. The van der Waals surface area contributed by atoms with Gasteiger partial charge < -0.3 is 10.5 Å². The van der Waals surface area contributed by atoms with E-state index in [1.807, 2.05) is 37.4 Å². The average Bonchev–Trinajstić information content (AvgIpc) is 2.70. The molecule has 1 unspecified atom stereocenters. The molecule has 0 fully saturated rings. The van der Waals surface area contributed by atoms with Crippen LogP contribution in [0.2, 0.25) is 0 Å². The molecule has 4 heteroatoms. The van der Waals surface area contributed by atoms with Gasteiger partial charge in [0.1, 0.15) is 5.75 Å². The third-order valence-electron chi connectivity index (χ3n) is 3.91. The Morgan fingerprint density at radius 2 is 2.14 bits per heavy atom. The second-order valence-corrected chi connectivity index (χ2v) is 5.38. The molecule has 21 heavy (non-hydrogen) atoms. The molecular formula is C17H21N3O. The van der Waals surface area contributed by atoms with Crippen LogP contribution in [0, 0.1) is 0 Å². The quantitative estimate of drug-likeness (QED) is 0.878. The lowest BCUT2D eigenvalue weighted by molar-refractivity contribution is 0.341. The van der Waals surface area contributed by atoms with Crippen molar-refractivity contribution in [1.29, 1.82) is 0 Å². The molecule has 0 radical (unpaired) electrons. The standard InChI is InChI=1S/C17H21N3O/c1-2-21-16-10-6-3-7-12(16)17-19-11-13-14(18)8-4-5-9-15(13)20-17/h3,6-7,10-11,14H,2,4-5,8-9,18H2,1H3. The minimum absolute atomic E-state index is 0.0682. The highest BCUT2D eigenvalue weighted by Crippen LogP contribution is 2.30. The fourth-order valence-corrected chi connectivity index (χ4v) is 2.81. The molecule has 3 rings (SSSR count). The lowest BCUT2D eigenvalue weighted by atomic mass is 10.1. The number of benzene rings is 1. The highest BCUT2D eigenvalue weighted by Gasteiger charge is 2.18. The van der Waals surface area contributed by atoms with Crippen molar-refractivity contribution in [3.8, 4) is 17.1 Å². The van der Waals surface area contributed by atoms with E-state index in [0.717, 1.165) is 54.1 Å². The maximum Gasteiger partial charge on any atom is 0.163 e. The number of fused-ring (bicyclic) bond motifs is 1. The molecule has 4 nitrogen and oxygen atoms in total. The van der Waals surface area contributed by atoms with Gasteiger partial charge in [0.25, 0.3) is 0 Å². The minimum Gasteiger partial charge on any atom is -0.493 e. The predicted molar refractivity (Wildman–Crippen MR) is 83.1 cm³/mol. The van der Waals surface area contributed by atoms with Gasteiger partial charge >= 0.3 is 0 Å². The highest BCUT2D eigenvalue weighted by atomic mass is 16.5. The molecular weight excluding hydrogens is 262 g/mol. The van der Waals surface area contributed by atoms with E-state index in [9.17, 15) is 0 Å². The molecule has 1 aliphatic rings. The SMILES string of the molecule is CCOc1ccccc1-c1ncc2c(n1)CCCCC2N. The van der Waals surface area contributed by atoms with Gasteiger partial charge in [-0.25, -0.2) is 9.97 Å². The number of hydrogen-bond acceptors (Lipinski definition) is 4. The van der Waals surface area contributed by atoms with Crippen LogP contribution in [0.15, 0.2) is 30.5 Å². The zero-order valence-electron chi connectivity index (χ0n) is 12.4. The van der Waals surface area contributed by atoms with Gasteiger partial charge in [0.2, 0.25) is 0 Å². The summed E-state index contributed by atoms with van der Waals surface area (Å²) < 4.78 is 5.68.